The second kappa shape index (κ2) is 5.92. The van der Waals surface area contributed by atoms with Crippen molar-refractivity contribution < 1.29 is 0 Å². The molecule has 6 nitrogen and oxygen atoms in total. The fourth-order valence-corrected chi connectivity index (χ4v) is 2.98. The van der Waals surface area contributed by atoms with Gasteiger partial charge in [0.05, 0.1) is 0 Å². The Morgan fingerprint density at radius 3 is 2.67 bits per heavy atom. The summed E-state index contributed by atoms with van der Waals surface area (Å²) < 4.78 is 1.90. The molecule has 0 unspecified atom stereocenters. The van der Waals surface area contributed by atoms with Crippen LogP contribution in [0.2, 0.25) is 0 Å². The first kappa shape index (κ1) is 16.5. The lowest BCUT2D eigenvalue weighted by Gasteiger charge is -2.62. The SMILES string of the molecule is CN=C(NCc1ccnc(-n2ccnc2)c1)N1CC(C)(C)C1(C)C. The summed E-state index contributed by atoms with van der Waals surface area (Å²) in [6, 6.07) is 4.08. The molecule has 3 rings (SSSR count). The fourth-order valence-electron chi connectivity index (χ4n) is 2.98. The second-order valence-corrected chi connectivity index (χ2v) is 7.42. The van der Waals surface area contributed by atoms with Crippen molar-refractivity contribution in [3.8, 4) is 5.82 Å². The summed E-state index contributed by atoms with van der Waals surface area (Å²) in [6.45, 7) is 10.9. The lowest BCUT2D eigenvalue weighted by atomic mass is 9.65. The van der Waals surface area contributed by atoms with Gasteiger partial charge in [-0.2, -0.15) is 0 Å². The number of guanidine groups is 1. The first-order valence-corrected chi connectivity index (χ1v) is 8.27. The normalized spacial score (nSPS) is 19.0. The molecular formula is C18H26N6. The molecule has 0 radical (unpaired) electrons. The van der Waals surface area contributed by atoms with Gasteiger partial charge < -0.3 is 10.2 Å². The molecule has 1 N–H and O–H groups in total. The molecule has 0 saturated carbocycles. The zero-order chi connectivity index (χ0) is 17.4. The molecule has 1 aliphatic rings. The minimum absolute atomic E-state index is 0.0923. The molecule has 1 saturated heterocycles. The van der Waals surface area contributed by atoms with Crippen molar-refractivity contribution in [1.82, 2.24) is 24.8 Å². The standard InChI is InChI=1S/C18H26N6/c1-17(2)12-24(18(17,3)4)16(19-5)22-11-14-6-7-21-15(10-14)23-9-8-20-13-23/h6-10,13H,11-12H2,1-5H3,(H,19,22). The summed E-state index contributed by atoms with van der Waals surface area (Å²) in [5.41, 5.74) is 1.54. The van der Waals surface area contributed by atoms with Crippen LogP contribution in [0.25, 0.3) is 5.82 Å². The Kier molecular flexibility index (Phi) is 4.07. The maximum atomic E-state index is 4.46. The van der Waals surface area contributed by atoms with Crippen LogP contribution in [0.15, 0.2) is 42.0 Å². The number of aromatic nitrogens is 3. The molecule has 0 amide bonds. The van der Waals surface area contributed by atoms with Crippen molar-refractivity contribution in [3.05, 3.63) is 42.6 Å². The lowest BCUT2D eigenvalue weighted by molar-refractivity contribution is -0.0667. The van der Waals surface area contributed by atoms with Gasteiger partial charge in [-0.3, -0.25) is 9.56 Å². The summed E-state index contributed by atoms with van der Waals surface area (Å²) in [6.07, 6.45) is 7.22. The van der Waals surface area contributed by atoms with Gasteiger partial charge >= 0.3 is 0 Å². The van der Waals surface area contributed by atoms with Crippen molar-refractivity contribution in [1.29, 1.82) is 0 Å². The van der Waals surface area contributed by atoms with Crippen molar-refractivity contribution in [2.45, 2.75) is 39.8 Å². The van der Waals surface area contributed by atoms with E-state index >= 15 is 0 Å². The number of nitrogens with zero attached hydrogens (tertiary/aromatic N) is 5. The van der Waals surface area contributed by atoms with Crippen molar-refractivity contribution in [2.75, 3.05) is 13.6 Å². The third-order valence-corrected chi connectivity index (χ3v) is 5.38. The average Bonchev–Trinajstić information content (AvgIpc) is 3.09. The number of pyridine rings is 1. The smallest absolute Gasteiger partial charge is 0.194 e. The monoisotopic (exact) mass is 326 g/mol. The highest BCUT2D eigenvalue weighted by Gasteiger charge is 2.53. The molecule has 2 aromatic rings. The molecule has 0 aliphatic carbocycles. The number of imidazole rings is 1. The summed E-state index contributed by atoms with van der Waals surface area (Å²) in [7, 11) is 1.84. The van der Waals surface area contributed by atoms with Crippen LogP contribution < -0.4 is 5.32 Å². The number of nitrogens with one attached hydrogen (secondary N) is 1. The van der Waals surface area contributed by atoms with Gasteiger partial charge in [0.1, 0.15) is 12.1 Å². The minimum atomic E-state index is 0.0923. The Morgan fingerprint density at radius 2 is 2.08 bits per heavy atom. The van der Waals surface area contributed by atoms with Crippen LogP contribution in [0.4, 0.5) is 0 Å². The predicted molar refractivity (Wildman–Crippen MR) is 96.1 cm³/mol. The van der Waals surface area contributed by atoms with E-state index in [9.17, 15) is 0 Å². The number of likely N-dealkylation sites (tertiary alicyclic amines) is 1. The van der Waals surface area contributed by atoms with Gasteiger partial charge in [0.2, 0.25) is 0 Å². The van der Waals surface area contributed by atoms with E-state index in [0.29, 0.717) is 6.54 Å². The molecule has 2 aromatic heterocycles. The quantitative estimate of drug-likeness (QED) is 0.695. The molecule has 6 heteroatoms. The first-order chi connectivity index (χ1) is 11.3. The summed E-state index contributed by atoms with van der Waals surface area (Å²) in [5, 5.41) is 3.48. The first-order valence-electron chi connectivity index (χ1n) is 8.27. The third-order valence-electron chi connectivity index (χ3n) is 5.38. The van der Waals surface area contributed by atoms with E-state index in [1.54, 1.807) is 12.5 Å². The lowest BCUT2D eigenvalue weighted by Crippen LogP contribution is -2.72. The minimum Gasteiger partial charge on any atom is -0.352 e. The van der Waals surface area contributed by atoms with E-state index in [4.69, 9.17) is 0 Å². The van der Waals surface area contributed by atoms with Crippen LogP contribution in [0.5, 0.6) is 0 Å². The Hall–Kier alpha value is -2.37. The highest BCUT2D eigenvalue weighted by molar-refractivity contribution is 5.82. The summed E-state index contributed by atoms with van der Waals surface area (Å²) in [5.74, 6) is 1.81. The maximum absolute atomic E-state index is 4.46. The summed E-state index contributed by atoms with van der Waals surface area (Å²) in [4.78, 5) is 15.3. The van der Waals surface area contributed by atoms with E-state index in [2.05, 4.69) is 58.9 Å². The van der Waals surface area contributed by atoms with E-state index in [0.717, 1.165) is 23.9 Å². The molecule has 0 atom stereocenters. The highest BCUT2D eigenvalue weighted by Crippen LogP contribution is 2.46. The molecule has 0 aromatic carbocycles. The van der Waals surface area contributed by atoms with Crippen molar-refractivity contribution in [3.63, 3.8) is 0 Å². The van der Waals surface area contributed by atoms with Crippen LogP contribution in [0, 0.1) is 5.41 Å². The van der Waals surface area contributed by atoms with Gasteiger partial charge in [0.25, 0.3) is 0 Å². The molecule has 0 bridgehead atoms. The van der Waals surface area contributed by atoms with Crippen LogP contribution in [0.1, 0.15) is 33.3 Å². The van der Waals surface area contributed by atoms with E-state index in [1.807, 2.05) is 30.1 Å². The van der Waals surface area contributed by atoms with E-state index in [1.165, 1.54) is 0 Å². The zero-order valence-corrected chi connectivity index (χ0v) is 15.1. The molecule has 24 heavy (non-hydrogen) atoms. The van der Waals surface area contributed by atoms with Crippen LogP contribution >= 0.6 is 0 Å². The van der Waals surface area contributed by atoms with Gasteiger partial charge in [-0.05, 0) is 31.5 Å². The molecule has 0 spiro atoms. The molecule has 128 valence electrons. The topological polar surface area (TPSA) is 58.3 Å². The Labute approximate surface area is 143 Å². The van der Waals surface area contributed by atoms with Gasteiger partial charge in [-0.15, -0.1) is 0 Å². The Balaban J connectivity index is 1.68. The number of hydrogen-bond acceptors (Lipinski definition) is 3. The van der Waals surface area contributed by atoms with Crippen LogP contribution in [0.3, 0.4) is 0 Å². The van der Waals surface area contributed by atoms with Gasteiger partial charge in [0, 0.05) is 49.7 Å². The maximum Gasteiger partial charge on any atom is 0.194 e. The number of hydrogen-bond donors (Lipinski definition) is 1. The zero-order valence-electron chi connectivity index (χ0n) is 15.1. The number of rotatable bonds is 3. The summed E-state index contributed by atoms with van der Waals surface area (Å²) >= 11 is 0. The molecular weight excluding hydrogens is 300 g/mol. The van der Waals surface area contributed by atoms with Crippen molar-refractivity contribution >= 4 is 5.96 Å². The van der Waals surface area contributed by atoms with E-state index < -0.39 is 0 Å². The van der Waals surface area contributed by atoms with Crippen molar-refractivity contribution in [2.24, 2.45) is 10.4 Å². The predicted octanol–water partition coefficient (Wildman–Crippen LogP) is 2.46. The molecule has 1 aliphatic heterocycles. The van der Waals surface area contributed by atoms with E-state index in [-0.39, 0.29) is 11.0 Å². The van der Waals surface area contributed by atoms with Gasteiger partial charge in [-0.1, -0.05) is 13.8 Å². The van der Waals surface area contributed by atoms with Crippen LogP contribution in [-0.4, -0.2) is 44.5 Å². The van der Waals surface area contributed by atoms with Gasteiger partial charge in [-0.25, -0.2) is 9.97 Å². The second-order valence-electron chi connectivity index (χ2n) is 7.42. The number of aliphatic imine (C=N–C) groups is 1. The largest absolute Gasteiger partial charge is 0.352 e. The highest BCUT2D eigenvalue weighted by atomic mass is 15.4. The van der Waals surface area contributed by atoms with Gasteiger partial charge in [0.15, 0.2) is 5.96 Å². The fraction of sp³-hybridized carbons (Fsp3) is 0.500. The molecule has 3 heterocycles. The Bertz CT molecular complexity index is 730. The Morgan fingerprint density at radius 1 is 1.29 bits per heavy atom. The van der Waals surface area contributed by atoms with Crippen LogP contribution in [-0.2, 0) is 6.54 Å². The average molecular weight is 326 g/mol. The molecule has 1 fully saturated rings. The third kappa shape index (κ3) is 2.77.